The smallest absolute Gasteiger partial charge is 0.251 e. The molecule has 0 bridgehead atoms. The van der Waals surface area contributed by atoms with Gasteiger partial charge in [-0.05, 0) is 71.5 Å². The summed E-state index contributed by atoms with van der Waals surface area (Å²) in [7, 11) is 0. The Morgan fingerprint density at radius 3 is 2.63 bits per heavy atom. The van der Waals surface area contributed by atoms with Crippen LogP contribution in [0, 0.1) is 6.92 Å². The maximum atomic E-state index is 12.4. The maximum absolute atomic E-state index is 12.4. The number of nitrogens with zero attached hydrogens (tertiary/aromatic N) is 2. The van der Waals surface area contributed by atoms with Gasteiger partial charge in [-0.25, -0.2) is 0 Å². The van der Waals surface area contributed by atoms with Gasteiger partial charge in [0.1, 0.15) is 0 Å². The fourth-order valence-corrected chi connectivity index (χ4v) is 3.89. The van der Waals surface area contributed by atoms with Gasteiger partial charge >= 0.3 is 0 Å². The molecule has 2 aromatic carbocycles. The minimum absolute atomic E-state index is 0.107. The summed E-state index contributed by atoms with van der Waals surface area (Å²) >= 11 is 0. The summed E-state index contributed by atoms with van der Waals surface area (Å²) in [5.41, 5.74) is 7.16. The Labute approximate surface area is 176 Å². The highest BCUT2D eigenvalue weighted by molar-refractivity contribution is 5.96. The number of nitrogens with one attached hydrogen (secondary N) is 1. The molecule has 1 aromatic heterocycles. The zero-order valence-electron chi connectivity index (χ0n) is 17.3. The van der Waals surface area contributed by atoms with E-state index >= 15 is 0 Å². The zero-order chi connectivity index (χ0) is 21.1. The van der Waals surface area contributed by atoms with E-state index in [-0.39, 0.29) is 11.8 Å². The Hall–Kier alpha value is -3.47. The molecule has 0 atom stereocenters. The Balaban J connectivity index is 1.50. The van der Waals surface area contributed by atoms with Gasteiger partial charge in [0.05, 0.1) is 0 Å². The first-order valence-corrected chi connectivity index (χ1v) is 10.3. The fraction of sp³-hybridized carbons (Fsp3) is 0.240. The topological polar surface area (TPSA) is 62.3 Å². The molecule has 0 spiro atoms. The van der Waals surface area contributed by atoms with E-state index in [4.69, 9.17) is 0 Å². The molecule has 152 valence electrons. The predicted molar refractivity (Wildman–Crippen MR) is 118 cm³/mol. The SMILES string of the molecule is CCC(=O)N1CCc2cc(-c3ccc(C(=O)NCc4cccnc4)cc3)c(C)cc21. The van der Waals surface area contributed by atoms with Crippen LogP contribution < -0.4 is 10.2 Å². The van der Waals surface area contributed by atoms with Crippen molar-refractivity contribution in [3.8, 4) is 11.1 Å². The average molecular weight is 399 g/mol. The van der Waals surface area contributed by atoms with E-state index in [1.165, 1.54) is 5.56 Å². The van der Waals surface area contributed by atoms with Gasteiger partial charge < -0.3 is 10.2 Å². The molecule has 5 nitrogen and oxygen atoms in total. The number of aromatic nitrogens is 1. The van der Waals surface area contributed by atoms with Crippen molar-refractivity contribution in [1.29, 1.82) is 0 Å². The predicted octanol–water partition coefficient (Wildman–Crippen LogP) is 4.29. The molecular weight excluding hydrogens is 374 g/mol. The summed E-state index contributed by atoms with van der Waals surface area (Å²) in [6.07, 6.45) is 4.85. The highest BCUT2D eigenvalue weighted by atomic mass is 16.2. The number of hydrogen-bond donors (Lipinski definition) is 1. The summed E-state index contributed by atoms with van der Waals surface area (Å²) in [5.74, 6) is 0.0624. The second-order valence-electron chi connectivity index (χ2n) is 7.57. The van der Waals surface area contributed by atoms with Gasteiger partial charge in [0.15, 0.2) is 0 Å². The van der Waals surface area contributed by atoms with Crippen LogP contribution in [0.25, 0.3) is 11.1 Å². The molecule has 5 heteroatoms. The summed E-state index contributed by atoms with van der Waals surface area (Å²) < 4.78 is 0. The van der Waals surface area contributed by atoms with Gasteiger partial charge in [-0.2, -0.15) is 0 Å². The number of aryl methyl sites for hydroxylation is 1. The van der Waals surface area contributed by atoms with Crippen molar-refractivity contribution in [3.63, 3.8) is 0 Å². The number of hydrogen-bond acceptors (Lipinski definition) is 3. The molecule has 1 N–H and O–H groups in total. The second-order valence-corrected chi connectivity index (χ2v) is 7.57. The fourth-order valence-electron chi connectivity index (χ4n) is 3.89. The second kappa shape index (κ2) is 8.49. The standard InChI is InChI=1S/C25H25N3O2/c1-3-24(29)28-12-10-21-14-22(17(2)13-23(21)28)19-6-8-20(9-7-19)25(30)27-16-18-5-4-11-26-15-18/h4-9,11,13-15H,3,10,12,16H2,1-2H3,(H,27,30). The first-order chi connectivity index (χ1) is 14.6. The number of fused-ring (bicyclic) bond motifs is 1. The van der Waals surface area contributed by atoms with Crippen molar-refractivity contribution in [1.82, 2.24) is 10.3 Å². The van der Waals surface area contributed by atoms with Crippen molar-refractivity contribution >= 4 is 17.5 Å². The lowest BCUT2D eigenvalue weighted by Gasteiger charge is -2.18. The van der Waals surface area contributed by atoms with Crippen LogP contribution >= 0.6 is 0 Å². The van der Waals surface area contributed by atoms with E-state index in [9.17, 15) is 9.59 Å². The van der Waals surface area contributed by atoms with Crippen LogP contribution in [0.1, 0.15) is 40.4 Å². The van der Waals surface area contributed by atoms with E-state index in [1.807, 2.05) is 48.2 Å². The normalized spacial score (nSPS) is 12.5. The summed E-state index contributed by atoms with van der Waals surface area (Å²) in [6.45, 7) is 5.17. The summed E-state index contributed by atoms with van der Waals surface area (Å²) in [5, 5.41) is 2.92. The quantitative estimate of drug-likeness (QED) is 0.696. The third kappa shape index (κ3) is 3.96. The lowest BCUT2D eigenvalue weighted by molar-refractivity contribution is -0.118. The van der Waals surface area contributed by atoms with Crippen molar-refractivity contribution in [2.24, 2.45) is 0 Å². The van der Waals surface area contributed by atoms with E-state index in [1.54, 1.807) is 12.4 Å². The number of anilines is 1. The Morgan fingerprint density at radius 2 is 1.93 bits per heavy atom. The number of amides is 2. The lowest BCUT2D eigenvalue weighted by Crippen LogP contribution is -2.27. The molecule has 2 heterocycles. The van der Waals surface area contributed by atoms with Crippen LogP contribution in [-0.4, -0.2) is 23.3 Å². The van der Waals surface area contributed by atoms with Crippen molar-refractivity contribution < 1.29 is 9.59 Å². The highest BCUT2D eigenvalue weighted by Crippen LogP contribution is 2.35. The van der Waals surface area contributed by atoms with E-state index in [0.717, 1.165) is 40.9 Å². The molecule has 3 aromatic rings. The number of rotatable bonds is 5. The molecule has 0 radical (unpaired) electrons. The summed E-state index contributed by atoms with van der Waals surface area (Å²) in [6, 6.07) is 15.8. The number of pyridine rings is 1. The largest absolute Gasteiger partial charge is 0.348 e. The Morgan fingerprint density at radius 1 is 1.13 bits per heavy atom. The number of carbonyl (C=O) groups excluding carboxylic acids is 2. The molecule has 4 rings (SSSR count). The Bertz CT molecular complexity index is 1080. The lowest BCUT2D eigenvalue weighted by atomic mass is 9.96. The van der Waals surface area contributed by atoms with Gasteiger partial charge in [0.2, 0.25) is 5.91 Å². The van der Waals surface area contributed by atoms with Crippen LogP contribution in [0.5, 0.6) is 0 Å². The number of carbonyl (C=O) groups is 2. The molecule has 0 fully saturated rings. The van der Waals surface area contributed by atoms with Crippen molar-refractivity contribution in [3.05, 3.63) is 83.2 Å². The van der Waals surface area contributed by atoms with Gasteiger partial charge in [-0.1, -0.05) is 25.1 Å². The molecular formula is C25H25N3O2. The average Bonchev–Trinajstić information content (AvgIpc) is 3.20. The van der Waals surface area contributed by atoms with E-state index < -0.39 is 0 Å². The monoisotopic (exact) mass is 399 g/mol. The highest BCUT2D eigenvalue weighted by Gasteiger charge is 2.24. The molecule has 0 saturated carbocycles. The first kappa shape index (κ1) is 19.8. The van der Waals surface area contributed by atoms with E-state index in [0.29, 0.717) is 18.5 Å². The Kier molecular flexibility index (Phi) is 5.61. The zero-order valence-corrected chi connectivity index (χ0v) is 17.3. The molecule has 30 heavy (non-hydrogen) atoms. The molecule has 1 aliphatic rings. The third-order valence-corrected chi connectivity index (χ3v) is 5.56. The maximum Gasteiger partial charge on any atom is 0.251 e. The first-order valence-electron chi connectivity index (χ1n) is 10.3. The number of benzene rings is 2. The van der Waals surface area contributed by atoms with Crippen molar-refractivity contribution in [2.75, 3.05) is 11.4 Å². The van der Waals surface area contributed by atoms with E-state index in [2.05, 4.69) is 29.4 Å². The molecule has 0 unspecified atom stereocenters. The molecule has 2 amide bonds. The van der Waals surface area contributed by atoms with Gasteiger partial charge in [0.25, 0.3) is 5.91 Å². The van der Waals surface area contributed by atoms with Crippen LogP contribution in [-0.2, 0) is 17.8 Å². The summed E-state index contributed by atoms with van der Waals surface area (Å²) in [4.78, 5) is 30.6. The van der Waals surface area contributed by atoms with Gasteiger partial charge in [-0.15, -0.1) is 0 Å². The van der Waals surface area contributed by atoms with Crippen LogP contribution in [0.2, 0.25) is 0 Å². The molecule has 0 saturated heterocycles. The van der Waals surface area contributed by atoms with Gasteiger partial charge in [-0.3, -0.25) is 14.6 Å². The third-order valence-electron chi connectivity index (χ3n) is 5.56. The van der Waals surface area contributed by atoms with Gasteiger partial charge in [0, 0.05) is 43.2 Å². The van der Waals surface area contributed by atoms with Crippen molar-refractivity contribution in [2.45, 2.75) is 33.2 Å². The minimum atomic E-state index is -0.107. The van der Waals surface area contributed by atoms with Crippen LogP contribution in [0.15, 0.2) is 60.9 Å². The molecule has 0 aliphatic carbocycles. The molecule has 1 aliphatic heterocycles. The minimum Gasteiger partial charge on any atom is -0.348 e. The van der Waals surface area contributed by atoms with Crippen LogP contribution in [0.4, 0.5) is 5.69 Å². The van der Waals surface area contributed by atoms with Crippen LogP contribution in [0.3, 0.4) is 0 Å².